The number of amides is 1. The zero-order valence-electron chi connectivity index (χ0n) is 15.1. The van der Waals surface area contributed by atoms with Gasteiger partial charge in [-0.15, -0.1) is 10.2 Å². The van der Waals surface area contributed by atoms with Crippen LogP contribution in [0.2, 0.25) is 0 Å². The Morgan fingerprint density at radius 3 is 2.54 bits per heavy atom. The molecule has 28 heavy (non-hydrogen) atoms. The van der Waals surface area contributed by atoms with Crippen LogP contribution in [0.4, 0.5) is 13.2 Å². The highest BCUT2D eigenvalue weighted by atomic mass is 19.4. The second kappa shape index (κ2) is 7.75. The summed E-state index contributed by atoms with van der Waals surface area (Å²) in [5.41, 5.74) is 0.135. The van der Waals surface area contributed by atoms with Gasteiger partial charge in [0.25, 0.3) is 0 Å². The van der Waals surface area contributed by atoms with E-state index in [9.17, 15) is 18.0 Å². The molecule has 148 valence electrons. The fourth-order valence-corrected chi connectivity index (χ4v) is 2.64. The van der Waals surface area contributed by atoms with Crippen LogP contribution in [0.25, 0.3) is 5.65 Å². The van der Waals surface area contributed by atoms with Crippen LogP contribution in [0.3, 0.4) is 0 Å². The number of rotatable bonds is 6. The van der Waals surface area contributed by atoms with Gasteiger partial charge in [-0.3, -0.25) is 9.20 Å². The SMILES string of the molecule is COc1ccc(CC(=O)NCc2nnc3ccc(C(F)(F)F)cn23)cc1OC. The number of methoxy groups -OCH3 is 2. The molecule has 0 radical (unpaired) electrons. The smallest absolute Gasteiger partial charge is 0.417 e. The van der Waals surface area contributed by atoms with Gasteiger partial charge in [0, 0.05) is 6.20 Å². The van der Waals surface area contributed by atoms with Crippen molar-refractivity contribution in [3.05, 3.63) is 53.5 Å². The van der Waals surface area contributed by atoms with E-state index in [4.69, 9.17) is 9.47 Å². The summed E-state index contributed by atoms with van der Waals surface area (Å²) in [5, 5.41) is 10.3. The van der Waals surface area contributed by atoms with E-state index in [0.29, 0.717) is 17.1 Å². The molecule has 10 heteroatoms. The molecule has 0 bridgehead atoms. The lowest BCUT2D eigenvalue weighted by molar-refractivity contribution is -0.137. The number of halogens is 3. The number of nitrogens with zero attached hydrogens (tertiary/aromatic N) is 3. The Bertz CT molecular complexity index is 1000. The molecule has 0 saturated carbocycles. The third-order valence-electron chi connectivity index (χ3n) is 4.06. The van der Waals surface area contributed by atoms with Gasteiger partial charge in [-0.05, 0) is 29.8 Å². The minimum absolute atomic E-state index is 0.0604. The first-order valence-corrected chi connectivity index (χ1v) is 8.20. The quantitative estimate of drug-likeness (QED) is 0.696. The summed E-state index contributed by atoms with van der Waals surface area (Å²) in [6.45, 7) is -0.0609. The summed E-state index contributed by atoms with van der Waals surface area (Å²) in [6.07, 6.45) is -3.51. The first kappa shape index (κ1) is 19.5. The van der Waals surface area contributed by atoms with Crippen molar-refractivity contribution < 1.29 is 27.4 Å². The van der Waals surface area contributed by atoms with Gasteiger partial charge in [0.2, 0.25) is 5.91 Å². The molecule has 7 nitrogen and oxygen atoms in total. The number of carbonyl (C=O) groups excluding carboxylic acids is 1. The maximum atomic E-state index is 12.9. The topological polar surface area (TPSA) is 77.8 Å². The molecule has 0 unspecified atom stereocenters. The van der Waals surface area contributed by atoms with Crippen molar-refractivity contribution in [1.29, 1.82) is 0 Å². The molecule has 2 aromatic heterocycles. The number of fused-ring (bicyclic) bond motifs is 1. The number of ether oxygens (including phenoxy) is 2. The van der Waals surface area contributed by atoms with E-state index in [1.807, 2.05) is 0 Å². The van der Waals surface area contributed by atoms with Gasteiger partial charge >= 0.3 is 6.18 Å². The average Bonchev–Trinajstić information content (AvgIpc) is 3.08. The summed E-state index contributed by atoms with van der Waals surface area (Å²) in [7, 11) is 3.00. The van der Waals surface area contributed by atoms with Crippen molar-refractivity contribution in [3.63, 3.8) is 0 Å². The Kier molecular flexibility index (Phi) is 5.39. The van der Waals surface area contributed by atoms with Crippen molar-refractivity contribution >= 4 is 11.6 Å². The fourth-order valence-electron chi connectivity index (χ4n) is 2.64. The minimum atomic E-state index is -4.48. The minimum Gasteiger partial charge on any atom is -0.493 e. The summed E-state index contributed by atoms with van der Waals surface area (Å²) in [5.74, 6) is 0.913. The molecular weight excluding hydrogens is 377 g/mol. The normalized spacial score (nSPS) is 11.5. The molecule has 1 aromatic carbocycles. The fraction of sp³-hybridized carbons (Fsp3) is 0.278. The van der Waals surface area contributed by atoms with Crippen LogP contribution in [0, 0.1) is 0 Å². The Labute approximate surface area is 158 Å². The number of carbonyl (C=O) groups is 1. The van der Waals surface area contributed by atoms with Crippen LogP contribution in [0.5, 0.6) is 11.5 Å². The number of aromatic nitrogens is 3. The van der Waals surface area contributed by atoms with Gasteiger partial charge in [0.05, 0.1) is 32.7 Å². The number of benzene rings is 1. The lowest BCUT2D eigenvalue weighted by Crippen LogP contribution is -2.25. The average molecular weight is 394 g/mol. The third-order valence-corrected chi connectivity index (χ3v) is 4.06. The Balaban J connectivity index is 1.69. The van der Waals surface area contributed by atoms with E-state index in [-0.39, 0.29) is 30.3 Å². The molecule has 0 aliphatic rings. The zero-order valence-corrected chi connectivity index (χ0v) is 15.1. The Hall–Kier alpha value is -3.30. The molecule has 0 aliphatic carbocycles. The van der Waals surface area contributed by atoms with E-state index >= 15 is 0 Å². The van der Waals surface area contributed by atoms with Crippen LogP contribution >= 0.6 is 0 Å². The monoisotopic (exact) mass is 394 g/mol. The molecule has 1 amide bonds. The van der Waals surface area contributed by atoms with Crippen LogP contribution in [-0.4, -0.2) is 34.7 Å². The largest absolute Gasteiger partial charge is 0.493 e. The molecule has 0 fully saturated rings. The van der Waals surface area contributed by atoms with E-state index in [1.54, 1.807) is 18.2 Å². The molecule has 0 atom stereocenters. The molecule has 2 heterocycles. The molecular formula is C18H17F3N4O3. The molecule has 3 rings (SSSR count). The first-order valence-electron chi connectivity index (χ1n) is 8.20. The lowest BCUT2D eigenvalue weighted by Gasteiger charge is -2.10. The van der Waals surface area contributed by atoms with Crippen molar-refractivity contribution in [2.75, 3.05) is 14.2 Å². The highest BCUT2D eigenvalue weighted by molar-refractivity contribution is 5.78. The molecule has 0 spiro atoms. The van der Waals surface area contributed by atoms with Crippen molar-refractivity contribution in [3.8, 4) is 11.5 Å². The van der Waals surface area contributed by atoms with Gasteiger partial charge in [-0.25, -0.2) is 0 Å². The molecule has 1 N–H and O–H groups in total. The van der Waals surface area contributed by atoms with Gasteiger partial charge in [0.1, 0.15) is 0 Å². The summed E-state index contributed by atoms with van der Waals surface area (Å²) < 4.78 is 50.2. The number of pyridine rings is 1. The number of nitrogens with one attached hydrogen (secondary N) is 1. The Morgan fingerprint density at radius 2 is 1.86 bits per heavy atom. The second-order valence-electron chi connectivity index (χ2n) is 5.90. The third kappa shape index (κ3) is 4.16. The van der Waals surface area contributed by atoms with Gasteiger partial charge in [-0.2, -0.15) is 13.2 Å². The van der Waals surface area contributed by atoms with E-state index in [2.05, 4.69) is 15.5 Å². The van der Waals surface area contributed by atoms with Gasteiger partial charge in [-0.1, -0.05) is 6.07 Å². The van der Waals surface area contributed by atoms with Crippen LogP contribution in [0.15, 0.2) is 36.5 Å². The molecule has 0 aliphatic heterocycles. The van der Waals surface area contributed by atoms with Gasteiger partial charge in [0.15, 0.2) is 23.0 Å². The number of alkyl halides is 3. The highest BCUT2D eigenvalue weighted by Crippen LogP contribution is 2.29. The maximum Gasteiger partial charge on any atom is 0.417 e. The maximum absolute atomic E-state index is 12.9. The predicted octanol–water partition coefficient (Wildman–Crippen LogP) is 2.62. The van der Waals surface area contributed by atoms with Crippen LogP contribution < -0.4 is 14.8 Å². The lowest BCUT2D eigenvalue weighted by atomic mass is 10.1. The van der Waals surface area contributed by atoms with E-state index < -0.39 is 11.7 Å². The number of hydrogen-bond acceptors (Lipinski definition) is 5. The highest BCUT2D eigenvalue weighted by Gasteiger charge is 2.31. The van der Waals surface area contributed by atoms with Crippen LogP contribution in [0.1, 0.15) is 17.0 Å². The summed E-state index contributed by atoms with van der Waals surface area (Å²) in [4.78, 5) is 12.2. The standard InChI is InChI=1S/C18H17F3N4O3/c1-27-13-5-3-11(7-14(13)28-2)8-17(26)22-9-16-24-23-15-6-4-12(10-25(15)16)18(19,20)21/h3-7,10H,8-9H2,1-2H3,(H,22,26). The van der Waals surface area contributed by atoms with Crippen molar-refractivity contribution in [2.45, 2.75) is 19.1 Å². The number of hydrogen-bond donors (Lipinski definition) is 1. The summed E-state index contributed by atoms with van der Waals surface area (Å²) in [6, 6.07) is 7.25. The van der Waals surface area contributed by atoms with Crippen molar-refractivity contribution in [2.24, 2.45) is 0 Å². The van der Waals surface area contributed by atoms with E-state index in [0.717, 1.165) is 12.3 Å². The van der Waals surface area contributed by atoms with Crippen molar-refractivity contribution in [1.82, 2.24) is 19.9 Å². The molecule has 0 saturated heterocycles. The zero-order chi connectivity index (χ0) is 20.3. The second-order valence-corrected chi connectivity index (χ2v) is 5.90. The predicted molar refractivity (Wildman–Crippen MR) is 93.1 cm³/mol. The van der Waals surface area contributed by atoms with E-state index in [1.165, 1.54) is 24.7 Å². The molecule has 3 aromatic rings. The first-order chi connectivity index (χ1) is 13.3. The Morgan fingerprint density at radius 1 is 1.11 bits per heavy atom. The van der Waals surface area contributed by atoms with Crippen LogP contribution in [-0.2, 0) is 23.9 Å². The van der Waals surface area contributed by atoms with Gasteiger partial charge < -0.3 is 14.8 Å². The summed E-state index contributed by atoms with van der Waals surface area (Å²) >= 11 is 0.